The van der Waals surface area contributed by atoms with Gasteiger partial charge in [-0.05, 0) is 55.5 Å². The van der Waals surface area contributed by atoms with Gasteiger partial charge in [-0.3, -0.25) is 14.5 Å². The lowest BCUT2D eigenvalue weighted by molar-refractivity contribution is -0.139. The summed E-state index contributed by atoms with van der Waals surface area (Å²) >= 11 is 1.55. The van der Waals surface area contributed by atoms with Gasteiger partial charge in [-0.2, -0.15) is 11.8 Å². The van der Waals surface area contributed by atoms with E-state index in [2.05, 4.69) is 0 Å². The number of carbonyl (C=O) groups is 3. The summed E-state index contributed by atoms with van der Waals surface area (Å²) in [5.41, 5.74) is 2.32. The smallest absolute Gasteiger partial charge is 0.334 e. The van der Waals surface area contributed by atoms with Gasteiger partial charge in [0.15, 0.2) is 0 Å². The summed E-state index contributed by atoms with van der Waals surface area (Å²) in [6, 6.07) is 11.3. The fourth-order valence-corrected chi connectivity index (χ4v) is 3.66. The van der Waals surface area contributed by atoms with Crippen molar-refractivity contribution in [1.29, 1.82) is 0 Å². The molecule has 0 N–H and O–H groups in total. The molecule has 27 heavy (non-hydrogen) atoms. The normalized spacial score (nSPS) is 14.3. The zero-order valence-corrected chi connectivity index (χ0v) is 16.3. The highest BCUT2D eigenvalue weighted by Crippen LogP contribution is 2.28. The molecule has 3 rings (SSSR count). The molecule has 6 heteroatoms. The molecule has 2 aromatic rings. The van der Waals surface area contributed by atoms with Crippen LogP contribution in [0.3, 0.4) is 0 Å². The second kappa shape index (κ2) is 7.96. The van der Waals surface area contributed by atoms with Crippen LogP contribution in [0.25, 0.3) is 0 Å². The maximum absolute atomic E-state index is 13.0. The maximum atomic E-state index is 13.0. The summed E-state index contributed by atoms with van der Waals surface area (Å²) in [5.74, 6) is -0.371. The Hall–Kier alpha value is -2.60. The summed E-state index contributed by atoms with van der Waals surface area (Å²) in [7, 11) is 0. The molecule has 1 atom stereocenters. The van der Waals surface area contributed by atoms with E-state index in [1.54, 1.807) is 36.0 Å². The Labute approximate surface area is 162 Å². The molecule has 0 aliphatic carbocycles. The van der Waals surface area contributed by atoms with Gasteiger partial charge in [0.05, 0.1) is 11.1 Å². The number of nitrogens with zero attached hydrogens (tertiary/aromatic N) is 1. The first kappa shape index (κ1) is 19.2. The minimum Gasteiger partial charge on any atom is -0.424 e. The second-order valence-electron chi connectivity index (χ2n) is 6.47. The lowest BCUT2D eigenvalue weighted by atomic mass is 10.1. The lowest BCUT2D eigenvalue weighted by Crippen LogP contribution is -2.47. The Morgan fingerprint density at radius 2 is 1.56 bits per heavy atom. The number of benzene rings is 2. The molecule has 140 valence electrons. The number of esters is 1. The van der Waals surface area contributed by atoms with E-state index >= 15 is 0 Å². The van der Waals surface area contributed by atoms with E-state index in [4.69, 9.17) is 4.74 Å². The van der Waals surface area contributed by atoms with Crippen LogP contribution < -0.4 is 4.74 Å². The second-order valence-corrected chi connectivity index (χ2v) is 7.45. The van der Waals surface area contributed by atoms with Crippen molar-refractivity contribution in [2.75, 3.05) is 12.0 Å². The van der Waals surface area contributed by atoms with Gasteiger partial charge in [-0.25, -0.2) is 4.79 Å². The molecule has 0 saturated heterocycles. The Kier molecular flexibility index (Phi) is 5.65. The third-order valence-corrected chi connectivity index (χ3v) is 5.26. The molecular formula is C21H21NO4S. The molecular weight excluding hydrogens is 362 g/mol. The van der Waals surface area contributed by atoms with Gasteiger partial charge < -0.3 is 4.74 Å². The SMILES string of the molecule is CSCC[C@@H](C(=O)Oc1c(C)cccc1C)N1C(=O)c2ccccc2C1=O. The molecule has 2 amide bonds. The number of ether oxygens (including phenoxy) is 1. The summed E-state index contributed by atoms with van der Waals surface area (Å²) in [6.07, 6.45) is 2.26. The molecule has 5 nitrogen and oxygen atoms in total. The van der Waals surface area contributed by atoms with Crippen molar-refractivity contribution in [3.05, 3.63) is 64.7 Å². The highest BCUT2D eigenvalue weighted by atomic mass is 32.2. The molecule has 0 aromatic heterocycles. The molecule has 0 radical (unpaired) electrons. The summed E-state index contributed by atoms with van der Waals surface area (Å²) in [6.45, 7) is 3.71. The standard InChI is InChI=1S/C21H21NO4S/c1-13-7-6-8-14(2)18(13)26-21(25)17(11-12-27-3)22-19(23)15-9-4-5-10-16(15)20(22)24/h4-10,17H,11-12H2,1-3H3/t17-/m0/s1. The van der Waals surface area contributed by atoms with Crippen LogP contribution in [0, 0.1) is 13.8 Å². The minimum absolute atomic E-state index is 0.330. The zero-order valence-electron chi connectivity index (χ0n) is 15.5. The van der Waals surface area contributed by atoms with Crippen LogP contribution in [0.15, 0.2) is 42.5 Å². The van der Waals surface area contributed by atoms with Gasteiger partial charge in [-0.15, -0.1) is 0 Å². The third-order valence-electron chi connectivity index (χ3n) is 4.62. The molecule has 2 aromatic carbocycles. The van der Waals surface area contributed by atoms with Crippen molar-refractivity contribution in [3.8, 4) is 5.75 Å². The van der Waals surface area contributed by atoms with Gasteiger partial charge in [0.25, 0.3) is 11.8 Å². The number of hydrogen-bond donors (Lipinski definition) is 0. The van der Waals surface area contributed by atoms with E-state index in [-0.39, 0.29) is 0 Å². The average Bonchev–Trinajstić information content (AvgIpc) is 2.91. The molecule has 0 spiro atoms. The number of carbonyl (C=O) groups excluding carboxylic acids is 3. The fraction of sp³-hybridized carbons (Fsp3) is 0.286. The number of thioether (sulfide) groups is 1. The van der Waals surface area contributed by atoms with Crippen LogP contribution in [0.5, 0.6) is 5.75 Å². The lowest BCUT2D eigenvalue weighted by Gasteiger charge is -2.25. The van der Waals surface area contributed by atoms with E-state index in [1.165, 1.54) is 0 Å². The van der Waals surface area contributed by atoms with Crippen LogP contribution in [0.2, 0.25) is 0 Å². The van der Waals surface area contributed by atoms with E-state index in [1.807, 2.05) is 38.3 Å². The van der Waals surface area contributed by atoms with Crippen molar-refractivity contribution < 1.29 is 19.1 Å². The minimum atomic E-state index is -0.955. The first-order chi connectivity index (χ1) is 13.0. The fourth-order valence-electron chi connectivity index (χ4n) is 3.20. The van der Waals surface area contributed by atoms with E-state index in [0.29, 0.717) is 29.1 Å². The van der Waals surface area contributed by atoms with E-state index < -0.39 is 23.8 Å². The van der Waals surface area contributed by atoms with Crippen LogP contribution in [-0.4, -0.2) is 40.7 Å². The highest BCUT2D eigenvalue weighted by molar-refractivity contribution is 7.98. The Morgan fingerprint density at radius 3 is 2.07 bits per heavy atom. The van der Waals surface area contributed by atoms with Gasteiger partial charge in [-0.1, -0.05) is 30.3 Å². The van der Waals surface area contributed by atoms with Gasteiger partial charge in [0.2, 0.25) is 0 Å². The number of amides is 2. The van der Waals surface area contributed by atoms with Crippen LogP contribution >= 0.6 is 11.8 Å². The summed E-state index contributed by atoms with van der Waals surface area (Å²) in [4.78, 5) is 39.6. The number of hydrogen-bond acceptors (Lipinski definition) is 5. The quantitative estimate of drug-likeness (QED) is 0.433. The molecule has 0 bridgehead atoms. The van der Waals surface area contributed by atoms with Crippen LogP contribution in [0.4, 0.5) is 0 Å². The monoisotopic (exact) mass is 383 g/mol. The largest absolute Gasteiger partial charge is 0.424 e. The average molecular weight is 383 g/mol. The van der Waals surface area contributed by atoms with Crippen LogP contribution in [0.1, 0.15) is 38.3 Å². The van der Waals surface area contributed by atoms with Crippen molar-refractivity contribution in [2.45, 2.75) is 26.3 Å². The van der Waals surface area contributed by atoms with Crippen molar-refractivity contribution in [2.24, 2.45) is 0 Å². The number of imide groups is 1. The third kappa shape index (κ3) is 3.62. The Balaban J connectivity index is 1.92. The first-order valence-electron chi connectivity index (χ1n) is 8.69. The number of rotatable bonds is 6. The van der Waals surface area contributed by atoms with Crippen molar-refractivity contribution in [1.82, 2.24) is 4.90 Å². The van der Waals surface area contributed by atoms with Gasteiger partial charge >= 0.3 is 5.97 Å². The predicted octanol–water partition coefficient (Wildman–Crippen LogP) is 3.63. The number of fused-ring (bicyclic) bond motifs is 1. The zero-order chi connectivity index (χ0) is 19.6. The van der Waals surface area contributed by atoms with Gasteiger partial charge in [0.1, 0.15) is 11.8 Å². The van der Waals surface area contributed by atoms with Crippen molar-refractivity contribution in [3.63, 3.8) is 0 Å². The Morgan fingerprint density at radius 1 is 1.00 bits per heavy atom. The number of aryl methyl sites for hydroxylation is 2. The molecule has 1 aliphatic heterocycles. The van der Waals surface area contributed by atoms with E-state index in [9.17, 15) is 14.4 Å². The summed E-state index contributed by atoms with van der Waals surface area (Å²) in [5, 5.41) is 0. The highest BCUT2D eigenvalue weighted by Gasteiger charge is 2.43. The predicted molar refractivity (Wildman–Crippen MR) is 105 cm³/mol. The molecule has 1 heterocycles. The van der Waals surface area contributed by atoms with Gasteiger partial charge in [0, 0.05) is 0 Å². The van der Waals surface area contributed by atoms with Crippen LogP contribution in [-0.2, 0) is 4.79 Å². The molecule has 0 saturated carbocycles. The topological polar surface area (TPSA) is 63.7 Å². The Bertz CT molecular complexity index is 854. The molecule has 0 unspecified atom stereocenters. The van der Waals surface area contributed by atoms with Crippen molar-refractivity contribution >= 4 is 29.5 Å². The number of para-hydroxylation sites is 1. The maximum Gasteiger partial charge on any atom is 0.334 e. The van der Waals surface area contributed by atoms with E-state index in [0.717, 1.165) is 16.0 Å². The molecule has 1 aliphatic rings. The molecule has 0 fully saturated rings. The summed E-state index contributed by atoms with van der Waals surface area (Å²) < 4.78 is 5.65. The first-order valence-corrected chi connectivity index (χ1v) is 10.1.